The topological polar surface area (TPSA) is 55.1 Å². The molecule has 4 heteroatoms. The Morgan fingerprint density at radius 2 is 1.79 bits per heavy atom. The Balaban J connectivity index is 2.25. The van der Waals surface area contributed by atoms with Crippen LogP contribution in [0.3, 0.4) is 0 Å². The van der Waals surface area contributed by atoms with Crippen molar-refractivity contribution >= 4 is 28.9 Å². The predicted molar refractivity (Wildman–Crippen MR) is 79.7 cm³/mol. The van der Waals surface area contributed by atoms with Crippen LogP contribution >= 0.6 is 11.6 Å². The predicted octanol–water partition coefficient (Wildman–Crippen LogP) is 3.79. The number of hydrogen-bond acceptors (Lipinski definition) is 2. The Labute approximate surface area is 117 Å². The van der Waals surface area contributed by atoms with Gasteiger partial charge in [0.2, 0.25) is 0 Å². The molecular weight excluding hydrogens is 260 g/mol. The Hall–Kier alpha value is -2.00. The molecule has 0 saturated carbocycles. The minimum atomic E-state index is -0.191. The third-order valence-electron chi connectivity index (χ3n) is 2.98. The summed E-state index contributed by atoms with van der Waals surface area (Å²) in [4.78, 5) is 12.2. The van der Waals surface area contributed by atoms with Gasteiger partial charge < -0.3 is 11.1 Å². The fourth-order valence-electron chi connectivity index (χ4n) is 1.76. The first-order valence-corrected chi connectivity index (χ1v) is 6.29. The van der Waals surface area contributed by atoms with Gasteiger partial charge in [-0.3, -0.25) is 4.79 Å². The van der Waals surface area contributed by atoms with Crippen LogP contribution in [0.25, 0.3) is 0 Å². The second kappa shape index (κ2) is 5.33. The molecule has 3 N–H and O–H groups in total. The Morgan fingerprint density at radius 1 is 1.11 bits per heavy atom. The van der Waals surface area contributed by atoms with Crippen LogP contribution < -0.4 is 11.1 Å². The average molecular weight is 275 g/mol. The molecule has 0 radical (unpaired) electrons. The zero-order valence-electron chi connectivity index (χ0n) is 10.8. The summed E-state index contributed by atoms with van der Waals surface area (Å²) >= 11 is 5.91. The maximum Gasteiger partial charge on any atom is 0.255 e. The minimum Gasteiger partial charge on any atom is -0.398 e. The number of rotatable bonds is 2. The minimum absolute atomic E-state index is 0.191. The molecule has 0 spiro atoms. The van der Waals surface area contributed by atoms with Gasteiger partial charge in [0, 0.05) is 22.0 Å². The van der Waals surface area contributed by atoms with Gasteiger partial charge in [0.1, 0.15) is 0 Å². The van der Waals surface area contributed by atoms with Gasteiger partial charge >= 0.3 is 0 Å². The van der Waals surface area contributed by atoms with Crippen molar-refractivity contribution in [2.45, 2.75) is 13.8 Å². The van der Waals surface area contributed by atoms with Crippen molar-refractivity contribution in [2.75, 3.05) is 11.1 Å². The summed E-state index contributed by atoms with van der Waals surface area (Å²) in [6, 6.07) is 10.7. The van der Waals surface area contributed by atoms with E-state index in [1.165, 1.54) is 0 Å². The third kappa shape index (κ3) is 3.06. The SMILES string of the molecule is Cc1ccc(NC(=O)c2cc(Cl)ccc2C)cc1N. The van der Waals surface area contributed by atoms with E-state index in [-0.39, 0.29) is 5.91 Å². The van der Waals surface area contributed by atoms with Crippen molar-refractivity contribution in [3.8, 4) is 0 Å². The summed E-state index contributed by atoms with van der Waals surface area (Å²) in [7, 11) is 0. The van der Waals surface area contributed by atoms with Crippen LogP contribution in [-0.4, -0.2) is 5.91 Å². The van der Waals surface area contributed by atoms with Crippen molar-refractivity contribution in [1.82, 2.24) is 0 Å². The monoisotopic (exact) mass is 274 g/mol. The molecule has 98 valence electrons. The molecule has 3 nitrogen and oxygen atoms in total. The summed E-state index contributed by atoms with van der Waals surface area (Å²) < 4.78 is 0. The fourth-order valence-corrected chi connectivity index (χ4v) is 1.93. The molecule has 2 aromatic rings. The number of nitrogens with two attached hydrogens (primary N) is 1. The molecular formula is C15H15ClN2O. The maximum atomic E-state index is 12.2. The molecule has 0 aliphatic rings. The van der Waals surface area contributed by atoms with E-state index in [9.17, 15) is 4.79 Å². The van der Waals surface area contributed by atoms with Gasteiger partial charge in [0.25, 0.3) is 5.91 Å². The van der Waals surface area contributed by atoms with E-state index < -0.39 is 0 Å². The van der Waals surface area contributed by atoms with Crippen LogP contribution in [0.2, 0.25) is 5.02 Å². The highest BCUT2D eigenvalue weighted by atomic mass is 35.5. The highest BCUT2D eigenvalue weighted by molar-refractivity contribution is 6.31. The number of aryl methyl sites for hydroxylation is 2. The van der Waals surface area contributed by atoms with Crippen LogP contribution in [0.4, 0.5) is 11.4 Å². The molecule has 0 atom stereocenters. The second-order valence-corrected chi connectivity index (χ2v) is 4.92. The van der Waals surface area contributed by atoms with Gasteiger partial charge in [-0.1, -0.05) is 23.7 Å². The molecule has 0 saturated heterocycles. The molecule has 0 aliphatic heterocycles. The van der Waals surface area contributed by atoms with Crippen LogP contribution in [0.1, 0.15) is 21.5 Å². The average Bonchev–Trinajstić information content (AvgIpc) is 2.36. The second-order valence-electron chi connectivity index (χ2n) is 4.48. The Kier molecular flexibility index (Phi) is 3.76. The fraction of sp³-hybridized carbons (Fsp3) is 0.133. The molecule has 19 heavy (non-hydrogen) atoms. The number of benzene rings is 2. The number of carbonyl (C=O) groups excluding carboxylic acids is 1. The molecule has 1 amide bonds. The van der Waals surface area contributed by atoms with E-state index in [2.05, 4.69) is 5.32 Å². The standard InChI is InChI=1S/C15H15ClN2O/c1-9-3-5-11(16)7-13(9)15(19)18-12-6-4-10(2)14(17)8-12/h3-8H,17H2,1-2H3,(H,18,19). The quantitative estimate of drug-likeness (QED) is 0.819. The maximum absolute atomic E-state index is 12.2. The molecule has 0 aliphatic carbocycles. The van der Waals surface area contributed by atoms with Crippen molar-refractivity contribution in [3.05, 3.63) is 58.1 Å². The Bertz CT molecular complexity index is 638. The third-order valence-corrected chi connectivity index (χ3v) is 3.22. The van der Waals surface area contributed by atoms with Gasteiger partial charge in [-0.2, -0.15) is 0 Å². The molecule has 2 rings (SSSR count). The van der Waals surface area contributed by atoms with E-state index in [0.29, 0.717) is 22.0 Å². The highest BCUT2D eigenvalue weighted by Gasteiger charge is 2.10. The highest BCUT2D eigenvalue weighted by Crippen LogP contribution is 2.20. The van der Waals surface area contributed by atoms with Gasteiger partial charge in [-0.25, -0.2) is 0 Å². The number of nitrogens with one attached hydrogen (secondary N) is 1. The lowest BCUT2D eigenvalue weighted by Gasteiger charge is -2.09. The van der Waals surface area contributed by atoms with E-state index in [1.54, 1.807) is 18.2 Å². The number of amides is 1. The number of anilines is 2. The lowest BCUT2D eigenvalue weighted by atomic mass is 10.1. The van der Waals surface area contributed by atoms with Gasteiger partial charge in [-0.05, 0) is 49.2 Å². The zero-order chi connectivity index (χ0) is 14.0. The van der Waals surface area contributed by atoms with Crippen molar-refractivity contribution in [1.29, 1.82) is 0 Å². The van der Waals surface area contributed by atoms with Crippen molar-refractivity contribution < 1.29 is 4.79 Å². The molecule has 0 fully saturated rings. The first-order valence-electron chi connectivity index (χ1n) is 5.91. The normalized spacial score (nSPS) is 10.3. The molecule has 0 unspecified atom stereocenters. The molecule has 0 heterocycles. The van der Waals surface area contributed by atoms with E-state index >= 15 is 0 Å². The molecule has 0 bridgehead atoms. The number of nitrogen functional groups attached to an aromatic ring is 1. The first-order chi connectivity index (χ1) is 8.97. The van der Waals surface area contributed by atoms with Crippen molar-refractivity contribution in [2.24, 2.45) is 0 Å². The lowest BCUT2D eigenvalue weighted by molar-refractivity contribution is 0.102. The van der Waals surface area contributed by atoms with E-state index in [4.69, 9.17) is 17.3 Å². The molecule has 2 aromatic carbocycles. The van der Waals surface area contributed by atoms with E-state index in [1.807, 2.05) is 32.0 Å². The van der Waals surface area contributed by atoms with Crippen molar-refractivity contribution in [3.63, 3.8) is 0 Å². The first kappa shape index (κ1) is 13.4. The number of halogens is 1. The summed E-state index contributed by atoms with van der Waals surface area (Å²) in [5.41, 5.74) is 9.57. The summed E-state index contributed by atoms with van der Waals surface area (Å²) in [5, 5.41) is 3.36. The van der Waals surface area contributed by atoms with Crippen LogP contribution in [0, 0.1) is 13.8 Å². The summed E-state index contributed by atoms with van der Waals surface area (Å²) in [6.45, 7) is 3.79. The molecule has 0 aromatic heterocycles. The number of hydrogen-bond donors (Lipinski definition) is 2. The van der Waals surface area contributed by atoms with Crippen LogP contribution in [-0.2, 0) is 0 Å². The summed E-state index contributed by atoms with van der Waals surface area (Å²) in [5.74, 6) is -0.191. The van der Waals surface area contributed by atoms with Gasteiger partial charge in [-0.15, -0.1) is 0 Å². The lowest BCUT2D eigenvalue weighted by Crippen LogP contribution is -2.13. The smallest absolute Gasteiger partial charge is 0.255 e. The van der Waals surface area contributed by atoms with Crippen LogP contribution in [0.5, 0.6) is 0 Å². The van der Waals surface area contributed by atoms with Gasteiger partial charge in [0.15, 0.2) is 0 Å². The largest absolute Gasteiger partial charge is 0.398 e. The van der Waals surface area contributed by atoms with Crippen LogP contribution in [0.15, 0.2) is 36.4 Å². The zero-order valence-corrected chi connectivity index (χ0v) is 11.6. The summed E-state index contributed by atoms with van der Waals surface area (Å²) in [6.07, 6.45) is 0. The van der Waals surface area contributed by atoms with Gasteiger partial charge in [0.05, 0.1) is 0 Å². The van der Waals surface area contributed by atoms with E-state index in [0.717, 1.165) is 11.1 Å². The number of carbonyl (C=O) groups is 1. The Morgan fingerprint density at radius 3 is 2.47 bits per heavy atom.